The lowest BCUT2D eigenvalue weighted by atomic mass is 10.0. The van der Waals surface area contributed by atoms with Gasteiger partial charge in [-0.2, -0.15) is 0 Å². The third-order valence-electron chi connectivity index (χ3n) is 3.86. The molecule has 0 saturated heterocycles. The SMILES string of the molecule is CC(=O)C(CCCCN)NC(=O)C(N)CCCCNC(=O)CCN=[N+]=[N-]. The van der Waals surface area contributed by atoms with Crippen LogP contribution in [0.15, 0.2) is 5.11 Å². The van der Waals surface area contributed by atoms with Gasteiger partial charge in [-0.05, 0) is 57.5 Å². The number of unbranched alkanes of at least 4 members (excludes halogenated alkanes) is 2. The van der Waals surface area contributed by atoms with Crippen LogP contribution in [0.5, 0.6) is 0 Å². The van der Waals surface area contributed by atoms with Gasteiger partial charge in [0.2, 0.25) is 11.8 Å². The molecule has 0 rings (SSSR count). The fourth-order valence-corrected chi connectivity index (χ4v) is 2.28. The quantitative estimate of drug-likeness (QED) is 0.142. The highest BCUT2D eigenvalue weighted by molar-refractivity contribution is 5.89. The molecule has 148 valence electrons. The van der Waals surface area contributed by atoms with Gasteiger partial charge in [0.05, 0.1) is 12.1 Å². The second-order valence-corrected chi connectivity index (χ2v) is 6.11. The largest absolute Gasteiger partial charge is 0.356 e. The molecule has 0 spiro atoms. The number of nitrogens with one attached hydrogen (secondary N) is 2. The van der Waals surface area contributed by atoms with Crippen LogP contribution in [0.4, 0.5) is 0 Å². The molecule has 0 heterocycles. The van der Waals surface area contributed by atoms with E-state index >= 15 is 0 Å². The summed E-state index contributed by atoms with van der Waals surface area (Å²) in [6.07, 6.45) is 4.11. The van der Waals surface area contributed by atoms with Crippen molar-refractivity contribution in [2.24, 2.45) is 16.6 Å². The Labute approximate surface area is 154 Å². The first-order valence-corrected chi connectivity index (χ1v) is 8.96. The van der Waals surface area contributed by atoms with Crippen molar-refractivity contribution < 1.29 is 14.4 Å². The van der Waals surface area contributed by atoms with Gasteiger partial charge in [0.15, 0.2) is 5.78 Å². The van der Waals surface area contributed by atoms with E-state index in [1.807, 2.05) is 0 Å². The minimum Gasteiger partial charge on any atom is -0.356 e. The normalized spacial score (nSPS) is 12.6. The predicted octanol–water partition coefficient (Wildman–Crippen LogP) is 0.503. The van der Waals surface area contributed by atoms with Gasteiger partial charge >= 0.3 is 0 Å². The first-order chi connectivity index (χ1) is 12.4. The molecule has 0 bridgehead atoms. The van der Waals surface area contributed by atoms with E-state index < -0.39 is 12.1 Å². The monoisotopic (exact) mass is 369 g/mol. The lowest BCUT2D eigenvalue weighted by Gasteiger charge is -2.19. The summed E-state index contributed by atoms with van der Waals surface area (Å²) in [7, 11) is 0. The zero-order valence-electron chi connectivity index (χ0n) is 15.4. The fourth-order valence-electron chi connectivity index (χ4n) is 2.28. The van der Waals surface area contributed by atoms with Crippen molar-refractivity contribution in [1.29, 1.82) is 0 Å². The molecule has 10 heteroatoms. The van der Waals surface area contributed by atoms with E-state index in [0.717, 1.165) is 12.8 Å². The van der Waals surface area contributed by atoms with E-state index in [1.54, 1.807) is 0 Å². The minimum absolute atomic E-state index is 0.0917. The van der Waals surface area contributed by atoms with Crippen LogP contribution in [0.2, 0.25) is 0 Å². The van der Waals surface area contributed by atoms with Crippen LogP contribution in [0, 0.1) is 0 Å². The third kappa shape index (κ3) is 12.2. The minimum atomic E-state index is -0.688. The molecular formula is C16H31N7O3. The zero-order valence-corrected chi connectivity index (χ0v) is 15.4. The number of Topliss-reactive ketones (excluding diaryl/α,β-unsaturated/α-hetero) is 1. The van der Waals surface area contributed by atoms with E-state index in [9.17, 15) is 14.4 Å². The molecule has 0 aliphatic carbocycles. The molecule has 2 unspecified atom stereocenters. The molecule has 0 saturated carbocycles. The number of ketones is 1. The smallest absolute Gasteiger partial charge is 0.237 e. The molecule has 2 amide bonds. The van der Waals surface area contributed by atoms with Crippen molar-refractivity contribution in [3.8, 4) is 0 Å². The number of hydrogen-bond donors (Lipinski definition) is 4. The van der Waals surface area contributed by atoms with Crippen molar-refractivity contribution in [3.05, 3.63) is 10.4 Å². The Kier molecular flexibility index (Phi) is 13.9. The van der Waals surface area contributed by atoms with Gasteiger partial charge in [-0.1, -0.05) is 5.11 Å². The molecular weight excluding hydrogens is 338 g/mol. The summed E-state index contributed by atoms with van der Waals surface area (Å²) in [5.41, 5.74) is 19.4. The summed E-state index contributed by atoms with van der Waals surface area (Å²) in [4.78, 5) is 37.7. The second-order valence-electron chi connectivity index (χ2n) is 6.11. The van der Waals surface area contributed by atoms with E-state index in [0.29, 0.717) is 38.8 Å². The topological polar surface area (TPSA) is 176 Å². The van der Waals surface area contributed by atoms with Crippen LogP contribution in [-0.2, 0) is 14.4 Å². The van der Waals surface area contributed by atoms with Gasteiger partial charge in [0, 0.05) is 24.4 Å². The maximum atomic E-state index is 12.1. The second kappa shape index (κ2) is 15.1. The van der Waals surface area contributed by atoms with Crippen LogP contribution in [-0.4, -0.2) is 49.3 Å². The number of azide groups is 1. The summed E-state index contributed by atoms with van der Waals surface area (Å²) in [6.45, 7) is 2.61. The molecule has 0 aromatic rings. The van der Waals surface area contributed by atoms with Crippen LogP contribution >= 0.6 is 0 Å². The van der Waals surface area contributed by atoms with Crippen LogP contribution < -0.4 is 22.1 Å². The van der Waals surface area contributed by atoms with E-state index in [-0.39, 0.29) is 30.6 Å². The van der Waals surface area contributed by atoms with Crippen molar-refractivity contribution in [2.75, 3.05) is 19.6 Å². The highest BCUT2D eigenvalue weighted by Crippen LogP contribution is 2.04. The van der Waals surface area contributed by atoms with Crippen molar-refractivity contribution in [2.45, 2.75) is 64.0 Å². The number of amides is 2. The number of nitrogens with zero attached hydrogens (tertiary/aromatic N) is 3. The lowest BCUT2D eigenvalue weighted by Crippen LogP contribution is -2.47. The number of nitrogens with two attached hydrogens (primary N) is 2. The highest BCUT2D eigenvalue weighted by Gasteiger charge is 2.20. The molecule has 0 aliphatic heterocycles. The van der Waals surface area contributed by atoms with Gasteiger partial charge < -0.3 is 22.1 Å². The standard InChI is InChI=1S/C16H31N7O3/c1-12(24)14(7-2-4-9-17)22-16(26)13(18)6-3-5-10-20-15(25)8-11-21-23-19/h13-14H,2-11,17-18H2,1H3,(H,20,25)(H,22,26). The first-order valence-electron chi connectivity index (χ1n) is 8.96. The molecule has 0 fully saturated rings. The molecule has 10 nitrogen and oxygen atoms in total. The van der Waals surface area contributed by atoms with Crippen LogP contribution in [0.25, 0.3) is 10.4 Å². The Morgan fingerprint density at radius 2 is 1.85 bits per heavy atom. The number of carbonyl (C=O) groups is 3. The van der Waals surface area contributed by atoms with Crippen LogP contribution in [0.1, 0.15) is 51.9 Å². The number of hydrogen-bond acceptors (Lipinski definition) is 6. The molecule has 6 N–H and O–H groups in total. The van der Waals surface area contributed by atoms with Gasteiger partial charge in [-0.3, -0.25) is 14.4 Å². The van der Waals surface area contributed by atoms with E-state index in [4.69, 9.17) is 17.0 Å². The highest BCUT2D eigenvalue weighted by atomic mass is 16.2. The predicted molar refractivity (Wildman–Crippen MR) is 99.0 cm³/mol. The molecule has 0 radical (unpaired) electrons. The molecule has 0 aromatic heterocycles. The Bertz CT molecular complexity index is 492. The summed E-state index contributed by atoms with van der Waals surface area (Å²) in [6, 6.07) is -1.21. The maximum Gasteiger partial charge on any atom is 0.237 e. The number of carbonyl (C=O) groups excluding carboxylic acids is 3. The van der Waals surface area contributed by atoms with Crippen molar-refractivity contribution in [1.82, 2.24) is 10.6 Å². The Morgan fingerprint density at radius 3 is 2.46 bits per heavy atom. The molecule has 2 atom stereocenters. The summed E-state index contributed by atoms with van der Waals surface area (Å²) in [5.74, 6) is -0.608. The third-order valence-corrected chi connectivity index (χ3v) is 3.86. The number of rotatable bonds is 15. The summed E-state index contributed by atoms with van der Waals surface area (Å²) >= 11 is 0. The first kappa shape index (κ1) is 23.8. The lowest BCUT2D eigenvalue weighted by molar-refractivity contribution is -0.128. The molecule has 26 heavy (non-hydrogen) atoms. The Morgan fingerprint density at radius 1 is 1.15 bits per heavy atom. The fraction of sp³-hybridized carbons (Fsp3) is 0.812. The van der Waals surface area contributed by atoms with Crippen LogP contribution in [0.3, 0.4) is 0 Å². The van der Waals surface area contributed by atoms with Gasteiger partial charge in [0.1, 0.15) is 0 Å². The summed E-state index contributed by atoms with van der Waals surface area (Å²) in [5, 5.41) is 8.69. The molecule has 0 aliphatic rings. The van der Waals surface area contributed by atoms with Crippen molar-refractivity contribution in [3.63, 3.8) is 0 Å². The van der Waals surface area contributed by atoms with Gasteiger partial charge in [0.25, 0.3) is 0 Å². The Hall–Kier alpha value is -2.16. The van der Waals surface area contributed by atoms with Gasteiger partial charge in [-0.25, -0.2) is 0 Å². The van der Waals surface area contributed by atoms with Crippen molar-refractivity contribution >= 4 is 17.6 Å². The van der Waals surface area contributed by atoms with E-state index in [1.165, 1.54) is 6.92 Å². The average Bonchev–Trinajstić information content (AvgIpc) is 2.60. The Balaban J connectivity index is 3.97. The van der Waals surface area contributed by atoms with E-state index in [2.05, 4.69) is 20.7 Å². The van der Waals surface area contributed by atoms with Gasteiger partial charge in [-0.15, -0.1) is 0 Å². The zero-order chi connectivity index (χ0) is 19.8. The maximum absolute atomic E-state index is 12.1. The molecule has 0 aromatic carbocycles. The summed E-state index contributed by atoms with van der Waals surface area (Å²) < 4.78 is 0. The average molecular weight is 369 g/mol.